The number of halogens is 1. The first kappa shape index (κ1) is 12.8. The van der Waals surface area contributed by atoms with Crippen LogP contribution in [0, 0.1) is 0 Å². The van der Waals surface area contributed by atoms with E-state index in [1.807, 2.05) is 0 Å². The molecule has 0 aliphatic carbocycles. The molecule has 2 aromatic rings. The Kier molecular flexibility index (Phi) is 3.22. The fourth-order valence-corrected chi connectivity index (χ4v) is 2.50. The fraction of sp³-hybridized carbons (Fsp3) is 0.222. The van der Waals surface area contributed by atoms with Crippen LogP contribution in [0.5, 0.6) is 0 Å². The maximum Gasteiger partial charge on any atom is 0.296 e. The number of H-pyrrole nitrogens is 1. The summed E-state index contributed by atoms with van der Waals surface area (Å²) in [5.41, 5.74) is -0.0483. The summed E-state index contributed by atoms with van der Waals surface area (Å²) in [7, 11) is 1.25. The average Bonchev–Trinajstić information content (AvgIpc) is 2.72. The molecule has 0 bridgehead atoms. The molecule has 0 unspecified atom stereocenters. The summed E-state index contributed by atoms with van der Waals surface area (Å²) in [6, 6.07) is 1.32. The Morgan fingerprint density at radius 1 is 1.44 bits per heavy atom. The molecule has 0 aromatic carbocycles. The Bertz CT molecular complexity index is 734. The van der Waals surface area contributed by atoms with Crippen molar-refractivity contribution in [2.75, 3.05) is 0 Å². The van der Waals surface area contributed by atoms with Gasteiger partial charge in [0.15, 0.2) is 11.3 Å². The molecule has 1 N–H and O–H groups in total. The van der Waals surface area contributed by atoms with Gasteiger partial charge in [-0.3, -0.25) is 9.36 Å². The molecule has 18 heavy (non-hydrogen) atoms. The molecule has 2 aromatic heterocycles. The second-order valence-corrected chi connectivity index (χ2v) is 5.87. The zero-order chi connectivity index (χ0) is 13.3. The van der Waals surface area contributed by atoms with Crippen molar-refractivity contribution in [2.45, 2.75) is 18.6 Å². The molecule has 0 saturated heterocycles. The zero-order valence-electron chi connectivity index (χ0n) is 9.29. The third-order valence-corrected chi connectivity index (χ3v) is 3.47. The van der Waals surface area contributed by atoms with Crippen LogP contribution in [0.4, 0.5) is 0 Å². The standard InChI is InChI=1S/C9H9ClN4O3S/c1-2-14-8(6-5-11-4-3-7(6)15)12-13-9(14)18(10,16)17/h3-5H,2H2,1H3,(H,11,15). The van der Waals surface area contributed by atoms with Gasteiger partial charge in [-0.05, 0) is 6.92 Å². The van der Waals surface area contributed by atoms with Crippen LogP contribution in [0.2, 0.25) is 0 Å². The van der Waals surface area contributed by atoms with E-state index in [1.54, 1.807) is 6.92 Å². The van der Waals surface area contributed by atoms with Crippen molar-refractivity contribution < 1.29 is 8.42 Å². The highest BCUT2D eigenvalue weighted by molar-refractivity contribution is 8.13. The lowest BCUT2D eigenvalue weighted by Gasteiger charge is -2.04. The van der Waals surface area contributed by atoms with Crippen LogP contribution in [0.15, 0.2) is 28.4 Å². The Balaban J connectivity index is 2.72. The molecule has 0 saturated carbocycles. The van der Waals surface area contributed by atoms with Gasteiger partial charge in [-0.25, -0.2) is 8.42 Å². The van der Waals surface area contributed by atoms with Gasteiger partial charge in [-0.2, -0.15) is 0 Å². The predicted molar refractivity (Wildman–Crippen MR) is 64.8 cm³/mol. The molecule has 0 radical (unpaired) electrons. The minimum atomic E-state index is -4.00. The predicted octanol–water partition coefficient (Wildman–Crippen LogP) is 0.581. The van der Waals surface area contributed by atoms with Crippen molar-refractivity contribution in [3.63, 3.8) is 0 Å². The van der Waals surface area contributed by atoms with E-state index < -0.39 is 9.05 Å². The Morgan fingerprint density at radius 3 is 2.72 bits per heavy atom. The number of aromatic nitrogens is 4. The van der Waals surface area contributed by atoms with Crippen LogP contribution in [0.25, 0.3) is 11.4 Å². The SMILES string of the molecule is CCn1c(-c2c[nH]ccc2=O)nnc1S(=O)(=O)Cl. The van der Waals surface area contributed by atoms with Gasteiger partial charge in [0.2, 0.25) is 0 Å². The summed E-state index contributed by atoms with van der Waals surface area (Å²) in [4.78, 5) is 14.4. The van der Waals surface area contributed by atoms with E-state index >= 15 is 0 Å². The molecular formula is C9H9ClN4O3S. The normalized spacial score (nSPS) is 11.7. The van der Waals surface area contributed by atoms with Crippen molar-refractivity contribution in [3.8, 4) is 11.4 Å². The van der Waals surface area contributed by atoms with Crippen LogP contribution in [0.3, 0.4) is 0 Å². The maximum atomic E-state index is 11.7. The summed E-state index contributed by atoms with van der Waals surface area (Å²) in [5, 5.41) is 6.86. The van der Waals surface area contributed by atoms with Gasteiger partial charge < -0.3 is 4.98 Å². The third-order valence-electron chi connectivity index (χ3n) is 2.32. The van der Waals surface area contributed by atoms with Crippen LogP contribution >= 0.6 is 10.7 Å². The van der Waals surface area contributed by atoms with E-state index in [-0.39, 0.29) is 28.5 Å². The fourth-order valence-electron chi connectivity index (χ4n) is 1.54. The zero-order valence-corrected chi connectivity index (χ0v) is 10.9. The Morgan fingerprint density at radius 2 is 2.17 bits per heavy atom. The minimum absolute atomic E-state index is 0.165. The molecule has 0 spiro atoms. The molecule has 0 aliphatic heterocycles. The summed E-state index contributed by atoms with van der Waals surface area (Å²) >= 11 is 0. The monoisotopic (exact) mass is 288 g/mol. The van der Waals surface area contributed by atoms with Crippen LogP contribution in [-0.4, -0.2) is 28.2 Å². The van der Waals surface area contributed by atoms with Gasteiger partial charge in [0.05, 0.1) is 5.56 Å². The number of nitrogens with zero attached hydrogens (tertiary/aromatic N) is 3. The number of hydrogen-bond donors (Lipinski definition) is 1. The molecule has 0 atom stereocenters. The number of pyridine rings is 1. The van der Waals surface area contributed by atoms with Crippen LogP contribution < -0.4 is 5.43 Å². The lowest BCUT2D eigenvalue weighted by Crippen LogP contribution is -2.10. The van der Waals surface area contributed by atoms with Gasteiger partial charge in [-0.15, -0.1) is 10.2 Å². The molecule has 2 rings (SSSR count). The van der Waals surface area contributed by atoms with Crippen LogP contribution in [-0.2, 0) is 15.6 Å². The van der Waals surface area contributed by atoms with Crippen molar-refractivity contribution in [3.05, 3.63) is 28.7 Å². The second-order valence-electron chi connectivity index (χ2n) is 3.41. The molecular weight excluding hydrogens is 280 g/mol. The first-order valence-corrected chi connectivity index (χ1v) is 7.31. The first-order valence-electron chi connectivity index (χ1n) is 5.00. The topological polar surface area (TPSA) is 97.7 Å². The number of hydrogen-bond acceptors (Lipinski definition) is 5. The highest BCUT2D eigenvalue weighted by atomic mass is 35.7. The van der Waals surface area contributed by atoms with Crippen LogP contribution in [0.1, 0.15) is 6.92 Å². The largest absolute Gasteiger partial charge is 0.367 e. The minimum Gasteiger partial charge on any atom is -0.367 e. The molecule has 2 heterocycles. The summed E-state index contributed by atoms with van der Waals surface area (Å²) in [6.45, 7) is 1.98. The quantitative estimate of drug-likeness (QED) is 0.833. The van der Waals surface area contributed by atoms with E-state index in [4.69, 9.17) is 10.7 Å². The molecule has 0 aliphatic rings. The van der Waals surface area contributed by atoms with Gasteiger partial charge in [0.1, 0.15) is 0 Å². The molecule has 7 nitrogen and oxygen atoms in total. The van der Waals surface area contributed by atoms with Crippen molar-refractivity contribution in [2.24, 2.45) is 0 Å². The molecule has 0 fully saturated rings. The Labute approximate surface area is 107 Å². The third kappa shape index (κ3) is 2.16. The van der Waals surface area contributed by atoms with Crippen molar-refractivity contribution in [1.82, 2.24) is 19.7 Å². The maximum absolute atomic E-state index is 11.7. The first-order chi connectivity index (χ1) is 8.45. The summed E-state index contributed by atoms with van der Waals surface area (Å²) in [5.74, 6) is 0.165. The number of nitrogens with one attached hydrogen (secondary N) is 1. The van der Waals surface area contributed by atoms with Gasteiger partial charge in [0.25, 0.3) is 14.2 Å². The van der Waals surface area contributed by atoms with E-state index in [2.05, 4.69) is 15.2 Å². The van der Waals surface area contributed by atoms with E-state index in [0.717, 1.165) is 0 Å². The molecule has 9 heteroatoms. The summed E-state index contributed by atoms with van der Waals surface area (Å²) in [6.07, 6.45) is 2.90. The van der Waals surface area contributed by atoms with E-state index in [0.29, 0.717) is 0 Å². The highest BCUT2D eigenvalue weighted by Crippen LogP contribution is 2.19. The summed E-state index contributed by atoms with van der Waals surface area (Å²) < 4.78 is 23.9. The molecule has 96 valence electrons. The van der Waals surface area contributed by atoms with Gasteiger partial charge in [0, 0.05) is 35.7 Å². The lowest BCUT2D eigenvalue weighted by atomic mass is 10.2. The van der Waals surface area contributed by atoms with Crippen molar-refractivity contribution >= 4 is 19.7 Å². The average molecular weight is 289 g/mol. The van der Waals surface area contributed by atoms with Gasteiger partial charge >= 0.3 is 0 Å². The van der Waals surface area contributed by atoms with Crippen molar-refractivity contribution in [1.29, 1.82) is 0 Å². The number of aromatic amines is 1. The highest BCUT2D eigenvalue weighted by Gasteiger charge is 2.23. The van der Waals surface area contributed by atoms with E-state index in [9.17, 15) is 13.2 Å². The Hall–Kier alpha value is -1.67. The lowest BCUT2D eigenvalue weighted by molar-refractivity contribution is 0.582. The smallest absolute Gasteiger partial charge is 0.296 e. The molecule has 0 amide bonds. The number of rotatable bonds is 3. The van der Waals surface area contributed by atoms with E-state index in [1.165, 1.54) is 23.0 Å². The second kappa shape index (κ2) is 4.54. The van der Waals surface area contributed by atoms with Gasteiger partial charge in [-0.1, -0.05) is 0 Å².